The van der Waals surface area contributed by atoms with Gasteiger partial charge in [0.05, 0.1) is 23.2 Å². The Balaban J connectivity index is 1.97. The summed E-state index contributed by atoms with van der Waals surface area (Å²) in [6.45, 7) is 4.88. The van der Waals surface area contributed by atoms with Gasteiger partial charge in [-0.1, -0.05) is 6.07 Å². The van der Waals surface area contributed by atoms with E-state index in [2.05, 4.69) is 10.1 Å². The quantitative estimate of drug-likeness (QED) is 0.543. The van der Waals surface area contributed by atoms with Crippen LogP contribution in [0.2, 0.25) is 0 Å². The van der Waals surface area contributed by atoms with Crippen molar-refractivity contribution >= 4 is 23.1 Å². The zero-order valence-corrected chi connectivity index (χ0v) is 15.5. The van der Waals surface area contributed by atoms with E-state index in [0.717, 1.165) is 4.68 Å². The largest absolute Gasteiger partial charge is 0.465 e. The van der Waals surface area contributed by atoms with E-state index in [-0.39, 0.29) is 17.4 Å². The van der Waals surface area contributed by atoms with Crippen LogP contribution in [0.15, 0.2) is 26.7 Å². The van der Waals surface area contributed by atoms with E-state index in [0.29, 0.717) is 21.7 Å². The minimum atomic E-state index is -0.901. The van der Waals surface area contributed by atoms with Crippen LogP contribution < -0.4 is 5.76 Å². The van der Waals surface area contributed by atoms with Crippen molar-refractivity contribution in [1.82, 2.24) is 14.8 Å². The van der Waals surface area contributed by atoms with Gasteiger partial charge in [-0.25, -0.2) is 9.59 Å². The predicted octanol–water partition coefficient (Wildman–Crippen LogP) is 2.74. The van der Waals surface area contributed by atoms with Crippen LogP contribution in [0, 0.1) is 13.8 Å². The number of aryl methyl sites for hydroxylation is 1. The zero-order valence-electron chi connectivity index (χ0n) is 14.7. The fourth-order valence-electron chi connectivity index (χ4n) is 2.76. The van der Waals surface area contributed by atoms with Crippen molar-refractivity contribution in [2.45, 2.75) is 26.8 Å². The second-order valence-electron chi connectivity index (χ2n) is 5.75. The van der Waals surface area contributed by atoms with E-state index in [1.54, 1.807) is 26.8 Å². The number of carbonyl (C=O) groups excluding carboxylic acids is 2. The van der Waals surface area contributed by atoms with Gasteiger partial charge in [-0.2, -0.15) is 4.68 Å². The molecule has 0 aliphatic rings. The van der Waals surface area contributed by atoms with Gasteiger partial charge in [-0.3, -0.25) is 4.79 Å². The summed E-state index contributed by atoms with van der Waals surface area (Å²) in [5.74, 6) is -1.46. The monoisotopic (exact) mass is 375 g/mol. The first-order valence-corrected chi connectivity index (χ1v) is 8.68. The number of nitrogens with one attached hydrogen (secondary N) is 1. The van der Waals surface area contributed by atoms with E-state index < -0.39 is 17.8 Å². The van der Waals surface area contributed by atoms with Crippen molar-refractivity contribution in [3.05, 3.63) is 50.6 Å². The third-order valence-corrected chi connectivity index (χ3v) is 4.98. The molecule has 26 heavy (non-hydrogen) atoms. The van der Waals surface area contributed by atoms with Gasteiger partial charge in [0.25, 0.3) is 5.89 Å². The number of rotatable bonds is 5. The van der Waals surface area contributed by atoms with Crippen LogP contribution in [0.5, 0.6) is 0 Å². The number of aromatic nitrogens is 3. The molecule has 0 unspecified atom stereocenters. The van der Waals surface area contributed by atoms with Crippen molar-refractivity contribution in [2.75, 3.05) is 7.11 Å². The Morgan fingerprint density at radius 1 is 1.38 bits per heavy atom. The molecular formula is C17H17N3O5S. The highest BCUT2D eigenvalue weighted by Gasteiger charge is 2.28. The summed E-state index contributed by atoms with van der Waals surface area (Å²) < 4.78 is 10.9. The third kappa shape index (κ3) is 2.90. The van der Waals surface area contributed by atoms with Crippen LogP contribution in [0.25, 0.3) is 10.8 Å². The molecule has 0 aliphatic heterocycles. The number of carbonyl (C=O) groups is 2. The highest BCUT2D eigenvalue weighted by molar-refractivity contribution is 7.13. The van der Waals surface area contributed by atoms with Gasteiger partial charge in [0.2, 0.25) is 5.78 Å². The van der Waals surface area contributed by atoms with Crippen LogP contribution in [0.3, 0.4) is 0 Å². The van der Waals surface area contributed by atoms with Crippen LogP contribution >= 0.6 is 11.3 Å². The fourth-order valence-corrected chi connectivity index (χ4v) is 3.40. The average Bonchev–Trinajstić information content (AvgIpc) is 3.32. The molecule has 8 nitrogen and oxygen atoms in total. The molecule has 3 aromatic rings. The molecule has 9 heteroatoms. The summed E-state index contributed by atoms with van der Waals surface area (Å²) in [5.41, 5.74) is 1.55. The molecule has 136 valence electrons. The molecule has 0 spiro atoms. The predicted molar refractivity (Wildman–Crippen MR) is 94.7 cm³/mol. The molecule has 0 saturated heterocycles. The summed E-state index contributed by atoms with van der Waals surface area (Å²) in [4.78, 5) is 40.5. The molecule has 1 N–H and O–H groups in total. The number of esters is 1. The molecule has 3 rings (SSSR count). The van der Waals surface area contributed by atoms with Crippen molar-refractivity contribution in [3.63, 3.8) is 0 Å². The Hall–Kier alpha value is -2.94. The van der Waals surface area contributed by atoms with E-state index in [1.165, 1.54) is 18.4 Å². The SMILES string of the molecule is COC(=O)c1c(C)[nH]c(C(=O)[C@H](C)n2nc(-c3cccs3)oc2=O)c1C. The van der Waals surface area contributed by atoms with Crippen molar-refractivity contribution in [1.29, 1.82) is 0 Å². The molecule has 3 heterocycles. The van der Waals surface area contributed by atoms with Gasteiger partial charge < -0.3 is 14.1 Å². The number of Topliss-reactive ketones (excluding diaryl/α,β-unsaturated/α-hetero) is 1. The smallest absolute Gasteiger partial charge is 0.438 e. The topological polar surface area (TPSA) is 107 Å². The van der Waals surface area contributed by atoms with Crippen LogP contribution in [-0.2, 0) is 4.74 Å². The molecule has 0 aliphatic carbocycles. The number of hydrogen-bond donors (Lipinski definition) is 1. The Bertz CT molecular complexity index is 1030. The molecule has 1 atom stereocenters. The van der Waals surface area contributed by atoms with Gasteiger partial charge in [0.1, 0.15) is 6.04 Å². The first-order valence-electron chi connectivity index (χ1n) is 7.80. The van der Waals surface area contributed by atoms with Crippen LogP contribution in [0.1, 0.15) is 45.1 Å². The van der Waals surface area contributed by atoms with Crippen molar-refractivity contribution in [3.8, 4) is 10.8 Å². The number of aromatic amines is 1. The molecule has 3 aromatic heterocycles. The van der Waals surface area contributed by atoms with Gasteiger partial charge in [-0.15, -0.1) is 16.4 Å². The van der Waals surface area contributed by atoms with E-state index in [1.807, 2.05) is 11.4 Å². The van der Waals surface area contributed by atoms with Gasteiger partial charge in [-0.05, 0) is 37.8 Å². The molecule has 0 fully saturated rings. The third-order valence-electron chi connectivity index (χ3n) is 4.12. The number of ether oxygens (including phenoxy) is 1. The minimum absolute atomic E-state index is 0.166. The highest BCUT2D eigenvalue weighted by Crippen LogP contribution is 2.24. The lowest BCUT2D eigenvalue weighted by molar-refractivity contribution is 0.0599. The molecule has 0 aromatic carbocycles. The lowest BCUT2D eigenvalue weighted by Crippen LogP contribution is -2.27. The summed E-state index contributed by atoms with van der Waals surface area (Å²) in [6.07, 6.45) is 0. The highest BCUT2D eigenvalue weighted by atomic mass is 32.1. The Morgan fingerprint density at radius 2 is 2.12 bits per heavy atom. The Kier molecular flexibility index (Phi) is 4.64. The van der Waals surface area contributed by atoms with Gasteiger partial charge in [0.15, 0.2) is 0 Å². The zero-order chi connectivity index (χ0) is 19.0. The second-order valence-corrected chi connectivity index (χ2v) is 6.70. The summed E-state index contributed by atoms with van der Waals surface area (Å²) >= 11 is 1.38. The number of H-pyrrole nitrogens is 1. The van der Waals surface area contributed by atoms with Gasteiger partial charge >= 0.3 is 11.7 Å². The first kappa shape index (κ1) is 17.9. The molecular weight excluding hydrogens is 358 g/mol. The van der Waals surface area contributed by atoms with Crippen LogP contribution in [-0.4, -0.2) is 33.6 Å². The number of nitrogens with zero attached hydrogens (tertiary/aromatic N) is 2. The summed E-state index contributed by atoms with van der Waals surface area (Å²) in [6, 6.07) is 2.68. The number of ketones is 1. The summed E-state index contributed by atoms with van der Waals surface area (Å²) in [5, 5.41) is 5.97. The number of hydrogen-bond acceptors (Lipinski definition) is 7. The Labute approximate surface area is 152 Å². The fraction of sp³-hybridized carbons (Fsp3) is 0.294. The van der Waals surface area contributed by atoms with E-state index in [4.69, 9.17) is 9.15 Å². The lowest BCUT2D eigenvalue weighted by atomic mass is 10.1. The van der Waals surface area contributed by atoms with Crippen molar-refractivity contribution in [2.24, 2.45) is 0 Å². The lowest BCUT2D eigenvalue weighted by Gasteiger charge is -2.08. The maximum absolute atomic E-state index is 12.9. The standard InChI is InChI=1S/C17H17N3O5S/c1-8-12(16(22)24-4)9(2)18-13(8)14(21)10(3)20-17(23)25-15(19-20)11-6-5-7-26-11/h5-7,10,18H,1-4H3/t10-/m0/s1. The minimum Gasteiger partial charge on any atom is -0.465 e. The molecule has 0 amide bonds. The molecule has 0 bridgehead atoms. The van der Waals surface area contributed by atoms with Crippen molar-refractivity contribution < 1.29 is 18.7 Å². The normalized spacial score (nSPS) is 12.2. The number of methoxy groups -OCH3 is 1. The average molecular weight is 375 g/mol. The van der Waals surface area contributed by atoms with E-state index in [9.17, 15) is 14.4 Å². The molecule has 0 saturated carbocycles. The first-order chi connectivity index (χ1) is 12.3. The maximum atomic E-state index is 12.9. The van der Waals surface area contributed by atoms with E-state index >= 15 is 0 Å². The van der Waals surface area contributed by atoms with Gasteiger partial charge in [0, 0.05) is 5.69 Å². The number of thiophene rings is 1. The summed E-state index contributed by atoms with van der Waals surface area (Å²) in [7, 11) is 1.28. The maximum Gasteiger partial charge on any atom is 0.438 e. The van der Waals surface area contributed by atoms with Crippen LogP contribution in [0.4, 0.5) is 0 Å². The Morgan fingerprint density at radius 3 is 2.73 bits per heavy atom. The second kappa shape index (κ2) is 6.75. The molecule has 0 radical (unpaired) electrons.